The Morgan fingerprint density at radius 2 is 1.13 bits per heavy atom. The number of aryl methyl sites for hydroxylation is 4. The van der Waals surface area contributed by atoms with Crippen molar-refractivity contribution in [2.24, 2.45) is 22.0 Å². The van der Waals surface area contributed by atoms with Crippen LogP contribution in [0.15, 0.2) is 70.9 Å². The lowest BCUT2D eigenvalue weighted by Gasteiger charge is -2.29. The van der Waals surface area contributed by atoms with E-state index in [1.54, 1.807) is 18.2 Å². The number of carbonyl (C=O) groups excluding carboxylic acids is 2. The van der Waals surface area contributed by atoms with Gasteiger partial charge in [-0.25, -0.2) is 10.0 Å². The highest BCUT2D eigenvalue weighted by Gasteiger charge is 2.50. The molecule has 38 heavy (non-hydrogen) atoms. The molecule has 0 aromatic heterocycles. The molecule has 0 unspecified atom stereocenters. The first-order chi connectivity index (χ1) is 18.1. The zero-order valence-electron chi connectivity index (χ0n) is 22.6. The summed E-state index contributed by atoms with van der Waals surface area (Å²) in [7, 11) is 0. The van der Waals surface area contributed by atoms with Crippen LogP contribution in [-0.2, 0) is 9.59 Å². The van der Waals surface area contributed by atoms with Crippen molar-refractivity contribution in [3.63, 3.8) is 0 Å². The quantitative estimate of drug-likeness (QED) is 0.474. The molecule has 0 aliphatic carbocycles. The second-order valence-electron chi connectivity index (χ2n) is 10.4. The molecular formula is C31H32N4O3. The number of amides is 2. The molecule has 0 radical (unpaired) electrons. The Hall–Kier alpha value is -4.26. The summed E-state index contributed by atoms with van der Waals surface area (Å²) in [5, 5.41) is 22.5. The van der Waals surface area contributed by atoms with E-state index in [1.165, 1.54) is 10.0 Å². The fraction of sp³-hybridized carbons (Fsp3) is 0.290. The van der Waals surface area contributed by atoms with E-state index < -0.39 is 17.8 Å². The number of aromatic hydroxyl groups is 1. The minimum Gasteiger partial charge on any atom is -0.508 e. The van der Waals surface area contributed by atoms with Crippen LogP contribution in [0.2, 0.25) is 0 Å². The maximum absolute atomic E-state index is 14.0. The Kier molecular flexibility index (Phi) is 6.39. The Morgan fingerprint density at radius 3 is 1.55 bits per heavy atom. The minimum atomic E-state index is -0.697. The number of hydrogen-bond donors (Lipinski definition) is 1. The number of benzene rings is 3. The first-order valence-corrected chi connectivity index (χ1v) is 12.8. The maximum atomic E-state index is 14.0. The number of nitrogens with zero attached hydrogens (tertiary/aromatic N) is 4. The molecule has 2 atom stereocenters. The molecular weight excluding hydrogens is 476 g/mol. The predicted octanol–water partition coefficient (Wildman–Crippen LogP) is 5.79. The van der Waals surface area contributed by atoms with Crippen LogP contribution in [0, 0.1) is 39.5 Å². The molecule has 0 saturated heterocycles. The number of rotatable bonds is 5. The van der Waals surface area contributed by atoms with Crippen LogP contribution in [0.4, 0.5) is 11.4 Å². The lowest BCUT2D eigenvalue weighted by atomic mass is 9.73. The van der Waals surface area contributed by atoms with Gasteiger partial charge in [-0.05, 0) is 106 Å². The zero-order valence-corrected chi connectivity index (χ0v) is 22.6. The van der Waals surface area contributed by atoms with Gasteiger partial charge in [-0.15, -0.1) is 0 Å². The lowest BCUT2D eigenvalue weighted by Crippen LogP contribution is -2.40. The fourth-order valence-electron chi connectivity index (χ4n) is 5.38. The third-order valence-electron chi connectivity index (χ3n) is 7.81. The topological polar surface area (TPSA) is 85.6 Å². The normalized spacial score (nSPS) is 19.4. The molecule has 0 bridgehead atoms. The summed E-state index contributed by atoms with van der Waals surface area (Å²) in [5.74, 6) is -2.32. The molecule has 0 saturated carbocycles. The van der Waals surface area contributed by atoms with Crippen molar-refractivity contribution >= 4 is 34.6 Å². The molecule has 0 fully saturated rings. The maximum Gasteiger partial charge on any atom is 0.256 e. The third kappa shape index (κ3) is 4.28. The average molecular weight is 509 g/mol. The van der Waals surface area contributed by atoms with Crippen molar-refractivity contribution in [1.82, 2.24) is 0 Å². The van der Waals surface area contributed by atoms with Crippen molar-refractivity contribution in [2.45, 2.75) is 47.5 Å². The number of carbonyl (C=O) groups is 2. The van der Waals surface area contributed by atoms with Gasteiger partial charge >= 0.3 is 0 Å². The summed E-state index contributed by atoms with van der Waals surface area (Å²) in [5.41, 5.74) is 7.69. The van der Waals surface area contributed by atoms with Gasteiger partial charge in [-0.1, -0.05) is 24.3 Å². The van der Waals surface area contributed by atoms with Crippen molar-refractivity contribution in [3.8, 4) is 5.75 Å². The van der Waals surface area contributed by atoms with E-state index >= 15 is 0 Å². The van der Waals surface area contributed by atoms with Crippen molar-refractivity contribution < 1.29 is 14.7 Å². The Bertz CT molecular complexity index is 1430. The van der Waals surface area contributed by atoms with E-state index in [1.807, 2.05) is 84.0 Å². The standard InChI is InChI=1S/C31H32N4O3/c1-17-10-12-24(14-19(17)3)34-30(37)27(21(5)32-34)29(23-8-7-9-26(36)16-23)28-22(6)33-35(31(28)38)25-13-11-18(2)20(4)15-25/h7-16,27-29,36H,1-6H3/t27-,28-/m1/s1. The first-order valence-electron chi connectivity index (χ1n) is 12.8. The average Bonchev–Trinajstić information content (AvgIpc) is 3.33. The Labute approximate surface area is 223 Å². The van der Waals surface area contributed by atoms with Crippen LogP contribution in [0.1, 0.15) is 47.6 Å². The molecule has 1 N–H and O–H groups in total. The summed E-state index contributed by atoms with van der Waals surface area (Å²) in [6.45, 7) is 11.7. The Morgan fingerprint density at radius 1 is 0.658 bits per heavy atom. The highest BCUT2D eigenvalue weighted by molar-refractivity contribution is 6.19. The summed E-state index contributed by atoms with van der Waals surface area (Å²) in [6, 6.07) is 18.4. The molecule has 2 amide bonds. The van der Waals surface area contributed by atoms with E-state index in [0.717, 1.165) is 22.3 Å². The zero-order chi connectivity index (χ0) is 27.3. The van der Waals surface area contributed by atoms with Crippen LogP contribution in [0.5, 0.6) is 5.75 Å². The number of phenolic OH excluding ortho intramolecular Hbond substituents is 1. The Balaban J connectivity index is 1.57. The molecule has 3 aromatic rings. The highest BCUT2D eigenvalue weighted by Crippen LogP contribution is 2.43. The van der Waals surface area contributed by atoms with Gasteiger partial charge in [0.25, 0.3) is 11.8 Å². The summed E-state index contributed by atoms with van der Waals surface area (Å²) in [4.78, 5) is 28.0. The van der Waals surface area contributed by atoms with E-state index in [9.17, 15) is 14.7 Å². The largest absolute Gasteiger partial charge is 0.508 e. The van der Waals surface area contributed by atoms with Gasteiger partial charge in [0.2, 0.25) is 0 Å². The number of hydrogen-bond acceptors (Lipinski definition) is 5. The van der Waals surface area contributed by atoms with E-state index in [4.69, 9.17) is 0 Å². The van der Waals surface area contributed by atoms with E-state index in [2.05, 4.69) is 10.2 Å². The van der Waals surface area contributed by atoms with Crippen LogP contribution in [0.25, 0.3) is 0 Å². The second-order valence-corrected chi connectivity index (χ2v) is 10.4. The molecule has 5 rings (SSSR count). The fourth-order valence-corrected chi connectivity index (χ4v) is 5.38. The molecule has 194 valence electrons. The van der Waals surface area contributed by atoms with E-state index in [-0.39, 0.29) is 17.6 Å². The first kappa shape index (κ1) is 25.4. The number of hydrazone groups is 2. The molecule has 2 aliphatic rings. The molecule has 2 heterocycles. The molecule has 0 spiro atoms. The van der Waals surface area contributed by atoms with Gasteiger partial charge in [-0.3, -0.25) is 9.59 Å². The van der Waals surface area contributed by atoms with Gasteiger partial charge < -0.3 is 5.11 Å². The molecule has 3 aromatic carbocycles. The van der Waals surface area contributed by atoms with Gasteiger partial charge in [0.1, 0.15) is 5.75 Å². The number of anilines is 2. The van der Waals surface area contributed by atoms with Gasteiger partial charge in [0.05, 0.1) is 23.2 Å². The van der Waals surface area contributed by atoms with E-state index in [0.29, 0.717) is 28.4 Å². The van der Waals surface area contributed by atoms with Crippen LogP contribution >= 0.6 is 0 Å². The lowest BCUT2D eigenvalue weighted by molar-refractivity contribution is -0.122. The highest BCUT2D eigenvalue weighted by atomic mass is 16.3. The second kappa shape index (κ2) is 9.56. The van der Waals surface area contributed by atoms with Crippen molar-refractivity contribution in [3.05, 3.63) is 88.5 Å². The van der Waals surface area contributed by atoms with Gasteiger partial charge in [0, 0.05) is 17.3 Å². The van der Waals surface area contributed by atoms with Crippen LogP contribution in [-0.4, -0.2) is 28.3 Å². The molecule has 2 aliphatic heterocycles. The third-order valence-corrected chi connectivity index (χ3v) is 7.81. The minimum absolute atomic E-state index is 0.0737. The summed E-state index contributed by atoms with van der Waals surface area (Å²) >= 11 is 0. The summed E-state index contributed by atoms with van der Waals surface area (Å²) in [6.07, 6.45) is 0. The van der Waals surface area contributed by atoms with Crippen molar-refractivity contribution in [2.75, 3.05) is 10.0 Å². The smallest absolute Gasteiger partial charge is 0.256 e. The molecule has 7 heteroatoms. The SMILES string of the molecule is CC1=NN(c2ccc(C)c(C)c2)C(=O)[C@H]1C(c1cccc(O)c1)[C@@H]1C(=O)N(c2ccc(C)c(C)c2)N=C1C. The van der Waals surface area contributed by atoms with Crippen LogP contribution in [0.3, 0.4) is 0 Å². The van der Waals surface area contributed by atoms with Crippen molar-refractivity contribution in [1.29, 1.82) is 0 Å². The molecule has 7 nitrogen and oxygen atoms in total. The number of phenols is 1. The van der Waals surface area contributed by atoms with Crippen LogP contribution < -0.4 is 10.0 Å². The monoisotopic (exact) mass is 508 g/mol. The van der Waals surface area contributed by atoms with Gasteiger partial charge in [-0.2, -0.15) is 10.2 Å². The summed E-state index contributed by atoms with van der Waals surface area (Å²) < 4.78 is 0. The predicted molar refractivity (Wildman–Crippen MR) is 151 cm³/mol. The van der Waals surface area contributed by atoms with Gasteiger partial charge in [0.15, 0.2) is 0 Å².